The van der Waals surface area contributed by atoms with E-state index in [1.54, 1.807) is 6.26 Å². The van der Waals surface area contributed by atoms with Gasteiger partial charge in [0.1, 0.15) is 6.26 Å². The van der Waals surface area contributed by atoms with Gasteiger partial charge in [0.2, 0.25) is 0 Å². The number of piperidine rings is 1. The molecule has 0 bridgehead atoms. The van der Waals surface area contributed by atoms with E-state index in [9.17, 15) is 4.39 Å². The number of alkyl halides is 1. The van der Waals surface area contributed by atoms with Crippen molar-refractivity contribution in [3.8, 4) is 0 Å². The summed E-state index contributed by atoms with van der Waals surface area (Å²) in [5.41, 5.74) is 0.935. The SMILES string of the molecule is FCC1CCCN(Cc2cocn2)C1. The molecule has 0 radical (unpaired) electrons. The van der Waals surface area contributed by atoms with E-state index in [0.717, 1.165) is 38.2 Å². The van der Waals surface area contributed by atoms with Crippen LogP contribution in [-0.2, 0) is 6.54 Å². The molecule has 0 spiro atoms. The molecule has 78 valence electrons. The lowest BCUT2D eigenvalue weighted by atomic mass is 9.99. The van der Waals surface area contributed by atoms with Gasteiger partial charge in [0.05, 0.1) is 12.4 Å². The van der Waals surface area contributed by atoms with Crippen LogP contribution in [0, 0.1) is 5.92 Å². The fourth-order valence-electron chi connectivity index (χ4n) is 1.97. The number of aromatic nitrogens is 1. The molecular weight excluding hydrogens is 183 g/mol. The van der Waals surface area contributed by atoms with Crippen LogP contribution in [0.2, 0.25) is 0 Å². The smallest absolute Gasteiger partial charge is 0.180 e. The maximum atomic E-state index is 12.5. The van der Waals surface area contributed by atoms with E-state index in [4.69, 9.17) is 4.42 Å². The predicted octanol–water partition coefficient (Wildman–Crippen LogP) is 1.86. The minimum atomic E-state index is -0.199. The molecule has 14 heavy (non-hydrogen) atoms. The first-order chi connectivity index (χ1) is 6.88. The lowest BCUT2D eigenvalue weighted by Crippen LogP contribution is -2.35. The second-order valence-corrected chi connectivity index (χ2v) is 3.88. The Morgan fingerprint density at radius 3 is 3.29 bits per heavy atom. The summed E-state index contributed by atoms with van der Waals surface area (Å²) in [6.07, 6.45) is 5.20. The number of hydrogen-bond donors (Lipinski definition) is 0. The molecule has 1 fully saturated rings. The number of hydrogen-bond acceptors (Lipinski definition) is 3. The van der Waals surface area contributed by atoms with Gasteiger partial charge in [-0.25, -0.2) is 4.98 Å². The van der Waals surface area contributed by atoms with Gasteiger partial charge >= 0.3 is 0 Å². The van der Waals surface area contributed by atoms with E-state index in [-0.39, 0.29) is 12.6 Å². The van der Waals surface area contributed by atoms with E-state index >= 15 is 0 Å². The summed E-state index contributed by atoms with van der Waals surface area (Å²) < 4.78 is 17.4. The van der Waals surface area contributed by atoms with Gasteiger partial charge in [-0.1, -0.05) is 0 Å². The van der Waals surface area contributed by atoms with Crippen LogP contribution in [0.25, 0.3) is 0 Å². The number of likely N-dealkylation sites (tertiary alicyclic amines) is 1. The van der Waals surface area contributed by atoms with Crippen molar-refractivity contribution in [1.82, 2.24) is 9.88 Å². The predicted molar refractivity (Wildman–Crippen MR) is 50.5 cm³/mol. The third-order valence-corrected chi connectivity index (χ3v) is 2.69. The van der Waals surface area contributed by atoms with E-state index in [1.165, 1.54) is 6.39 Å². The molecule has 0 aliphatic carbocycles. The van der Waals surface area contributed by atoms with Gasteiger partial charge in [-0.05, 0) is 19.4 Å². The Kier molecular flexibility index (Phi) is 3.14. The molecular formula is C10H15FN2O. The lowest BCUT2D eigenvalue weighted by Gasteiger charge is -2.30. The van der Waals surface area contributed by atoms with Crippen molar-refractivity contribution in [1.29, 1.82) is 0 Å². The molecule has 1 aromatic heterocycles. The number of halogens is 1. The van der Waals surface area contributed by atoms with Crippen molar-refractivity contribution in [2.24, 2.45) is 5.92 Å². The number of oxazole rings is 1. The van der Waals surface area contributed by atoms with Crippen LogP contribution in [0.15, 0.2) is 17.1 Å². The third kappa shape index (κ3) is 2.32. The largest absolute Gasteiger partial charge is 0.451 e. The van der Waals surface area contributed by atoms with Crippen molar-refractivity contribution >= 4 is 0 Å². The molecule has 1 atom stereocenters. The van der Waals surface area contributed by atoms with Gasteiger partial charge in [-0.3, -0.25) is 9.29 Å². The molecule has 2 rings (SSSR count). The van der Waals surface area contributed by atoms with Crippen molar-refractivity contribution in [3.63, 3.8) is 0 Å². The Labute approximate surface area is 82.9 Å². The summed E-state index contributed by atoms with van der Waals surface area (Å²) in [6.45, 7) is 2.48. The zero-order valence-electron chi connectivity index (χ0n) is 8.16. The molecule has 1 aromatic rings. The van der Waals surface area contributed by atoms with Gasteiger partial charge in [-0.2, -0.15) is 0 Å². The zero-order valence-corrected chi connectivity index (χ0v) is 8.16. The second kappa shape index (κ2) is 4.55. The van der Waals surface area contributed by atoms with Crippen LogP contribution in [0.4, 0.5) is 4.39 Å². The molecule has 0 amide bonds. The van der Waals surface area contributed by atoms with Crippen molar-refractivity contribution in [2.45, 2.75) is 19.4 Å². The summed E-state index contributed by atoms with van der Waals surface area (Å²) in [5, 5.41) is 0. The topological polar surface area (TPSA) is 29.3 Å². The lowest BCUT2D eigenvalue weighted by molar-refractivity contribution is 0.146. The monoisotopic (exact) mass is 198 g/mol. The minimum Gasteiger partial charge on any atom is -0.451 e. The molecule has 0 saturated carbocycles. The van der Waals surface area contributed by atoms with E-state index in [1.807, 2.05) is 0 Å². The second-order valence-electron chi connectivity index (χ2n) is 3.88. The third-order valence-electron chi connectivity index (χ3n) is 2.69. The molecule has 2 heterocycles. The first-order valence-corrected chi connectivity index (χ1v) is 5.04. The maximum absolute atomic E-state index is 12.5. The van der Waals surface area contributed by atoms with Crippen LogP contribution in [0.3, 0.4) is 0 Å². The molecule has 1 aliphatic heterocycles. The minimum absolute atomic E-state index is 0.199. The summed E-state index contributed by atoms with van der Waals surface area (Å²) in [5.74, 6) is 0.218. The van der Waals surface area contributed by atoms with Crippen LogP contribution >= 0.6 is 0 Å². The first kappa shape index (κ1) is 9.65. The Bertz CT molecular complexity index is 263. The Balaban J connectivity index is 1.86. The highest BCUT2D eigenvalue weighted by atomic mass is 19.1. The van der Waals surface area contributed by atoms with Gasteiger partial charge in [-0.15, -0.1) is 0 Å². The van der Waals surface area contributed by atoms with E-state index < -0.39 is 0 Å². The van der Waals surface area contributed by atoms with Gasteiger partial charge in [0.25, 0.3) is 0 Å². The summed E-state index contributed by atoms with van der Waals surface area (Å²) in [7, 11) is 0. The fraction of sp³-hybridized carbons (Fsp3) is 0.700. The Hall–Kier alpha value is -0.900. The standard InChI is InChI=1S/C10H15FN2O/c11-4-9-2-1-3-13(5-9)6-10-7-14-8-12-10/h7-9H,1-6H2. The van der Waals surface area contributed by atoms with Gasteiger partial charge in [0, 0.05) is 19.0 Å². The number of rotatable bonds is 3. The van der Waals surface area contributed by atoms with E-state index in [0.29, 0.717) is 0 Å². The highest BCUT2D eigenvalue weighted by Crippen LogP contribution is 2.18. The average molecular weight is 198 g/mol. The first-order valence-electron chi connectivity index (χ1n) is 5.04. The van der Waals surface area contributed by atoms with Gasteiger partial charge < -0.3 is 4.42 Å². The van der Waals surface area contributed by atoms with E-state index in [2.05, 4.69) is 9.88 Å². The maximum Gasteiger partial charge on any atom is 0.180 e. The van der Waals surface area contributed by atoms with Gasteiger partial charge in [0.15, 0.2) is 6.39 Å². The fourth-order valence-corrected chi connectivity index (χ4v) is 1.97. The van der Waals surface area contributed by atoms with Crippen LogP contribution in [0.5, 0.6) is 0 Å². The molecule has 0 aromatic carbocycles. The van der Waals surface area contributed by atoms with Crippen molar-refractivity contribution in [3.05, 3.63) is 18.4 Å². The van der Waals surface area contributed by atoms with Crippen molar-refractivity contribution < 1.29 is 8.81 Å². The van der Waals surface area contributed by atoms with Crippen LogP contribution in [-0.4, -0.2) is 29.6 Å². The molecule has 1 saturated heterocycles. The summed E-state index contributed by atoms with van der Waals surface area (Å²) in [6, 6.07) is 0. The molecule has 0 N–H and O–H groups in total. The average Bonchev–Trinajstić information content (AvgIpc) is 2.71. The normalized spacial score (nSPS) is 23.9. The quantitative estimate of drug-likeness (QED) is 0.742. The van der Waals surface area contributed by atoms with Crippen molar-refractivity contribution in [2.75, 3.05) is 19.8 Å². The summed E-state index contributed by atoms with van der Waals surface area (Å²) in [4.78, 5) is 6.30. The molecule has 4 heteroatoms. The highest BCUT2D eigenvalue weighted by molar-refractivity contribution is 4.91. The zero-order chi connectivity index (χ0) is 9.80. The molecule has 1 unspecified atom stereocenters. The number of nitrogens with zero attached hydrogens (tertiary/aromatic N) is 2. The molecule has 1 aliphatic rings. The summed E-state index contributed by atoms with van der Waals surface area (Å²) >= 11 is 0. The van der Waals surface area contributed by atoms with Crippen LogP contribution in [0.1, 0.15) is 18.5 Å². The Morgan fingerprint density at radius 1 is 1.64 bits per heavy atom. The highest BCUT2D eigenvalue weighted by Gasteiger charge is 2.20. The Morgan fingerprint density at radius 2 is 2.57 bits per heavy atom. The molecule has 3 nitrogen and oxygen atoms in total. The van der Waals surface area contributed by atoms with Crippen LogP contribution < -0.4 is 0 Å².